The number of aromatic nitrogens is 1. The van der Waals surface area contributed by atoms with Gasteiger partial charge in [0.1, 0.15) is 6.61 Å². The molecule has 0 aromatic carbocycles. The van der Waals surface area contributed by atoms with E-state index in [1.54, 1.807) is 20.4 Å². The van der Waals surface area contributed by atoms with Crippen LogP contribution in [0.25, 0.3) is 0 Å². The monoisotopic (exact) mass is 380 g/mol. The molecular weight excluding hydrogens is 359 g/mol. The van der Waals surface area contributed by atoms with Crippen LogP contribution in [0.5, 0.6) is 5.88 Å². The molecule has 0 aliphatic rings. The quantitative estimate of drug-likeness (QED) is 0.334. The summed E-state index contributed by atoms with van der Waals surface area (Å²) in [6.45, 7) is 1.63. The van der Waals surface area contributed by atoms with Crippen molar-refractivity contribution >= 4 is 29.9 Å². The summed E-state index contributed by atoms with van der Waals surface area (Å²) < 4.78 is 10.5. The maximum Gasteiger partial charge on any atom is 0.218 e. The van der Waals surface area contributed by atoms with Crippen LogP contribution in [0, 0.1) is 0 Å². The predicted octanol–water partition coefficient (Wildman–Crippen LogP) is 1.02. The number of nitrogens with one attached hydrogen (secondary N) is 2. The van der Waals surface area contributed by atoms with Gasteiger partial charge in [-0.3, -0.25) is 4.99 Å². The third-order valence-electron chi connectivity index (χ3n) is 2.28. The molecule has 0 unspecified atom stereocenters. The lowest BCUT2D eigenvalue weighted by molar-refractivity contribution is 0.143. The van der Waals surface area contributed by atoms with Crippen LogP contribution in [0.15, 0.2) is 23.3 Å². The number of hydrogen-bond donors (Lipinski definition) is 2. The molecule has 0 aliphatic carbocycles. The van der Waals surface area contributed by atoms with Crippen LogP contribution < -0.4 is 15.4 Å². The second-order valence-corrected chi connectivity index (χ2v) is 3.48. The first-order valence-corrected chi connectivity index (χ1v) is 5.75. The molecule has 6 nitrogen and oxygen atoms in total. The van der Waals surface area contributed by atoms with Gasteiger partial charge in [0.2, 0.25) is 5.88 Å². The number of hydrogen-bond acceptors (Lipinski definition) is 4. The molecule has 0 saturated carbocycles. The van der Waals surface area contributed by atoms with Crippen molar-refractivity contribution in [3.63, 3.8) is 0 Å². The van der Waals surface area contributed by atoms with Gasteiger partial charge in [0.05, 0.1) is 6.61 Å². The summed E-state index contributed by atoms with van der Waals surface area (Å²) in [6, 6.07) is 3.84. The van der Waals surface area contributed by atoms with Gasteiger partial charge in [-0.1, -0.05) is 6.07 Å². The summed E-state index contributed by atoms with van der Waals surface area (Å²) in [7, 11) is 5.17. The van der Waals surface area contributed by atoms with Crippen LogP contribution in [0.3, 0.4) is 0 Å². The van der Waals surface area contributed by atoms with Crippen molar-refractivity contribution in [3.05, 3.63) is 23.9 Å². The first-order valence-electron chi connectivity index (χ1n) is 5.75. The van der Waals surface area contributed by atoms with Crippen molar-refractivity contribution in [2.75, 3.05) is 34.4 Å². The number of ether oxygens (including phenoxy) is 2. The van der Waals surface area contributed by atoms with E-state index in [0.29, 0.717) is 25.6 Å². The molecule has 2 N–H and O–H groups in total. The fourth-order valence-electron chi connectivity index (χ4n) is 1.37. The standard InChI is InChI=1S/C12H20N4O2.HI/c1-13-12(14-2)16-9-10-5-4-6-15-11(10)18-8-7-17-3;/h4-6H,7-9H2,1-3H3,(H2,13,14,16);1H. The van der Waals surface area contributed by atoms with E-state index in [9.17, 15) is 0 Å². The molecule has 0 fully saturated rings. The van der Waals surface area contributed by atoms with Gasteiger partial charge in [-0.2, -0.15) is 0 Å². The zero-order valence-electron chi connectivity index (χ0n) is 11.5. The summed E-state index contributed by atoms with van der Waals surface area (Å²) in [4.78, 5) is 8.24. The maximum absolute atomic E-state index is 5.54. The second kappa shape index (κ2) is 10.8. The molecule has 0 radical (unpaired) electrons. The van der Waals surface area contributed by atoms with Crippen molar-refractivity contribution in [3.8, 4) is 5.88 Å². The van der Waals surface area contributed by atoms with Gasteiger partial charge in [-0.05, 0) is 6.07 Å². The van der Waals surface area contributed by atoms with Crippen LogP contribution >= 0.6 is 24.0 Å². The van der Waals surface area contributed by atoms with E-state index in [1.807, 2.05) is 19.2 Å². The summed E-state index contributed by atoms with van der Waals surface area (Å²) >= 11 is 0. The van der Waals surface area contributed by atoms with Crippen molar-refractivity contribution in [2.24, 2.45) is 4.99 Å². The maximum atomic E-state index is 5.54. The lowest BCUT2D eigenvalue weighted by atomic mass is 10.2. The van der Waals surface area contributed by atoms with Crippen LogP contribution in [0.2, 0.25) is 0 Å². The van der Waals surface area contributed by atoms with Crippen molar-refractivity contribution in [1.82, 2.24) is 15.6 Å². The normalized spacial score (nSPS) is 10.6. The number of nitrogens with zero attached hydrogens (tertiary/aromatic N) is 2. The molecule has 0 atom stereocenters. The molecule has 0 saturated heterocycles. The minimum absolute atomic E-state index is 0. The topological polar surface area (TPSA) is 67.8 Å². The third-order valence-corrected chi connectivity index (χ3v) is 2.28. The number of aliphatic imine (C=N–C) groups is 1. The Kier molecular flexibility index (Phi) is 10.2. The van der Waals surface area contributed by atoms with Crippen LogP contribution in [-0.2, 0) is 11.3 Å². The zero-order chi connectivity index (χ0) is 13.2. The van der Waals surface area contributed by atoms with Crippen LogP contribution in [0.4, 0.5) is 0 Å². The Balaban J connectivity index is 0.00000324. The minimum atomic E-state index is 0. The number of methoxy groups -OCH3 is 1. The zero-order valence-corrected chi connectivity index (χ0v) is 13.8. The molecular formula is C12H21IN4O2. The number of rotatable bonds is 6. The molecule has 1 aromatic rings. The summed E-state index contributed by atoms with van der Waals surface area (Å²) in [5, 5.41) is 6.11. The van der Waals surface area contributed by atoms with E-state index in [-0.39, 0.29) is 24.0 Å². The Morgan fingerprint density at radius 1 is 1.42 bits per heavy atom. The van der Waals surface area contributed by atoms with E-state index < -0.39 is 0 Å². The minimum Gasteiger partial charge on any atom is -0.475 e. The van der Waals surface area contributed by atoms with Gasteiger partial charge in [0, 0.05) is 39.5 Å². The highest BCUT2D eigenvalue weighted by molar-refractivity contribution is 14.0. The Bertz CT molecular complexity index is 388. The largest absolute Gasteiger partial charge is 0.475 e. The molecule has 19 heavy (non-hydrogen) atoms. The van der Waals surface area contributed by atoms with Gasteiger partial charge >= 0.3 is 0 Å². The molecule has 108 valence electrons. The fourth-order valence-corrected chi connectivity index (χ4v) is 1.37. The van der Waals surface area contributed by atoms with Crippen LogP contribution in [0.1, 0.15) is 5.56 Å². The highest BCUT2D eigenvalue weighted by atomic mass is 127. The molecule has 0 spiro atoms. The first-order chi connectivity index (χ1) is 8.81. The molecule has 1 heterocycles. The van der Waals surface area contributed by atoms with Gasteiger partial charge in [-0.25, -0.2) is 4.98 Å². The number of pyridine rings is 1. The Hall–Kier alpha value is -1.09. The van der Waals surface area contributed by atoms with E-state index in [1.165, 1.54) is 0 Å². The average Bonchev–Trinajstić information content (AvgIpc) is 2.41. The lowest BCUT2D eigenvalue weighted by Gasteiger charge is -2.12. The molecule has 1 aromatic heterocycles. The van der Waals surface area contributed by atoms with Gasteiger partial charge in [0.15, 0.2) is 5.96 Å². The highest BCUT2D eigenvalue weighted by Crippen LogP contribution is 2.13. The molecule has 7 heteroatoms. The summed E-state index contributed by atoms with van der Waals surface area (Å²) in [6.07, 6.45) is 1.71. The lowest BCUT2D eigenvalue weighted by Crippen LogP contribution is -2.34. The molecule has 0 aliphatic heterocycles. The number of halogens is 1. The highest BCUT2D eigenvalue weighted by Gasteiger charge is 2.05. The second-order valence-electron chi connectivity index (χ2n) is 3.48. The first kappa shape index (κ1) is 17.9. The van der Waals surface area contributed by atoms with E-state index >= 15 is 0 Å². The van der Waals surface area contributed by atoms with Gasteiger partial charge in [0.25, 0.3) is 0 Å². The van der Waals surface area contributed by atoms with Gasteiger partial charge < -0.3 is 20.1 Å². The third kappa shape index (κ3) is 6.58. The SMILES string of the molecule is CN=C(NC)NCc1cccnc1OCCOC.I. The van der Waals surface area contributed by atoms with E-state index in [4.69, 9.17) is 9.47 Å². The van der Waals surface area contributed by atoms with Crippen molar-refractivity contribution in [2.45, 2.75) is 6.54 Å². The molecule has 0 bridgehead atoms. The van der Waals surface area contributed by atoms with Crippen LogP contribution in [-0.4, -0.2) is 45.4 Å². The Morgan fingerprint density at radius 2 is 2.21 bits per heavy atom. The van der Waals surface area contributed by atoms with E-state index in [2.05, 4.69) is 20.6 Å². The van der Waals surface area contributed by atoms with Crippen molar-refractivity contribution in [1.29, 1.82) is 0 Å². The Morgan fingerprint density at radius 3 is 2.84 bits per heavy atom. The summed E-state index contributed by atoms with van der Waals surface area (Å²) in [5.74, 6) is 1.34. The number of guanidine groups is 1. The molecule has 0 amide bonds. The van der Waals surface area contributed by atoms with Crippen molar-refractivity contribution < 1.29 is 9.47 Å². The average molecular weight is 380 g/mol. The fraction of sp³-hybridized carbons (Fsp3) is 0.500. The smallest absolute Gasteiger partial charge is 0.218 e. The van der Waals surface area contributed by atoms with E-state index in [0.717, 1.165) is 11.5 Å². The summed E-state index contributed by atoms with van der Waals surface area (Å²) in [5.41, 5.74) is 0.977. The molecule has 1 rings (SSSR count). The Labute approximate surface area is 131 Å². The predicted molar refractivity (Wildman–Crippen MR) is 86.3 cm³/mol. The van der Waals surface area contributed by atoms with Gasteiger partial charge in [-0.15, -0.1) is 24.0 Å².